The molecule has 7 heterocycles. The van der Waals surface area contributed by atoms with Gasteiger partial charge in [-0.15, -0.1) is 0 Å². The van der Waals surface area contributed by atoms with E-state index in [0.717, 1.165) is 113 Å². The SMILES string of the molecule is [C-]#[N+]c1ccc(N2CC3(CCN(c4cnc(CN5CCN(C6CCN(c7cc8c(cc7F)C(=O)N(C7CCC(=O)NC7=O)C8=O)CC6)CC5)cn4)CC3)C[C@@H]2C)cc1Cl. The number of anilines is 3. The number of nitrogens with one attached hydrogen (secondary N) is 1. The monoisotopic (exact) mass is 822 g/mol. The number of benzene rings is 2. The van der Waals surface area contributed by atoms with E-state index in [4.69, 9.17) is 28.1 Å². The highest BCUT2D eigenvalue weighted by Crippen LogP contribution is 2.46. The number of hydrogen-bond donors (Lipinski definition) is 1. The molecule has 59 heavy (non-hydrogen) atoms. The number of rotatable bonds is 7. The highest BCUT2D eigenvalue weighted by atomic mass is 35.5. The Bertz CT molecular complexity index is 2210. The molecule has 1 N–H and O–H groups in total. The molecule has 6 aliphatic heterocycles. The summed E-state index contributed by atoms with van der Waals surface area (Å²) in [5.74, 6) is -2.11. The minimum Gasteiger partial charge on any atom is -0.369 e. The van der Waals surface area contributed by atoms with Crippen molar-refractivity contribution in [2.24, 2.45) is 5.41 Å². The van der Waals surface area contributed by atoms with Crippen LogP contribution in [0.3, 0.4) is 0 Å². The van der Waals surface area contributed by atoms with E-state index in [0.29, 0.717) is 35.9 Å². The number of carbonyl (C=O) groups excluding carboxylic acids is 4. The van der Waals surface area contributed by atoms with Gasteiger partial charge in [0.05, 0.1) is 41.5 Å². The second-order valence-corrected chi connectivity index (χ2v) is 17.5. The van der Waals surface area contributed by atoms with Gasteiger partial charge in [0, 0.05) is 94.7 Å². The highest BCUT2D eigenvalue weighted by Gasteiger charge is 2.46. The van der Waals surface area contributed by atoms with Crippen LogP contribution in [-0.2, 0) is 16.1 Å². The van der Waals surface area contributed by atoms with Gasteiger partial charge in [-0.2, -0.15) is 0 Å². The zero-order valence-corrected chi connectivity index (χ0v) is 34.0. The molecule has 2 aromatic carbocycles. The third kappa shape index (κ3) is 7.51. The topological polar surface area (TPSA) is 130 Å². The van der Waals surface area contributed by atoms with Crippen LogP contribution in [0.15, 0.2) is 42.7 Å². The van der Waals surface area contributed by atoms with Gasteiger partial charge in [-0.05, 0) is 75.1 Å². The molecule has 16 heteroatoms. The first-order valence-corrected chi connectivity index (χ1v) is 21.1. The van der Waals surface area contributed by atoms with Gasteiger partial charge < -0.3 is 14.7 Å². The first kappa shape index (κ1) is 39.3. The average molecular weight is 823 g/mol. The van der Waals surface area contributed by atoms with E-state index in [9.17, 15) is 19.2 Å². The molecule has 2 atom stereocenters. The molecule has 0 aliphatic carbocycles. The quantitative estimate of drug-likeness (QED) is 0.258. The van der Waals surface area contributed by atoms with E-state index >= 15 is 4.39 Å². The Kier molecular flexibility index (Phi) is 10.5. The lowest BCUT2D eigenvalue weighted by Crippen LogP contribution is -2.54. The van der Waals surface area contributed by atoms with E-state index in [1.54, 1.807) is 0 Å². The maximum atomic E-state index is 15.5. The zero-order chi connectivity index (χ0) is 41.0. The van der Waals surface area contributed by atoms with E-state index in [1.165, 1.54) is 6.07 Å². The molecule has 9 rings (SSSR count). The maximum absolute atomic E-state index is 15.5. The summed E-state index contributed by atoms with van der Waals surface area (Å²) in [7, 11) is 0. The summed E-state index contributed by atoms with van der Waals surface area (Å²) in [6.45, 7) is 18.2. The van der Waals surface area contributed by atoms with Crippen molar-refractivity contribution in [2.45, 2.75) is 76.5 Å². The Balaban J connectivity index is 0.730. The van der Waals surface area contributed by atoms with Crippen LogP contribution in [-0.4, -0.2) is 125 Å². The molecule has 1 unspecified atom stereocenters. The van der Waals surface area contributed by atoms with E-state index in [-0.39, 0.29) is 35.1 Å². The fourth-order valence-corrected chi connectivity index (χ4v) is 10.5. The largest absolute Gasteiger partial charge is 0.369 e. The van der Waals surface area contributed by atoms with E-state index in [1.807, 2.05) is 35.5 Å². The first-order valence-electron chi connectivity index (χ1n) is 20.8. The van der Waals surface area contributed by atoms with Crippen LogP contribution >= 0.6 is 11.6 Å². The maximum Gasteiger partial charge on any atom is 0.262 e. The third-order valence-corrected chi connectivity index (χ3v) is 13.9. The molecule has 0 radical (unpaired) electrons. The number of piperazine rings is 1. The normalized spacial score (nSPS) is 24.2. The van der Waals surface area contributed by atoms with Crippen molar-refractivity contribution < 1.29 is 23.6 Å². The first-order chi connectivity index (χ1) is 28.5. The molecule has 1 spiro atoms. The predicted molar refractivity (Wildman–Crippen MR) is 220 cm³/mol. The van der Waals surface area contributed by atoms with Gasteiger partial charge in [0.15, 0.2) is 0 Å². The van der Waals surface area contributed by atoms with Crippen molar-refractivity contribution in [1.29, 1.82) is 0 Å². The van der Waals surface area contributed by atoms with E-state index < -0.39 is 35.5 Å². The van der Waals surface area contributed by atoms with Crippen LogP contribution < -0.4 is 20.0 Å². The molecule has 308 valence electrons. The van der Waals surface area contributed by atoms with Crippen LogP contribution in [0.4, 0.5) is 27.3 Å². The van der Waals surface area contributed by atoms with Gasteiger partial charge >= 0.3 is 0 Å². The Morgan fingerprint density at radius 2 is 1.63 bits per heavy atom. The van der Waals surface area contributed by atoms with Crippen LogP contribution in [0.2, 0.25) is 5.02 Å². The van der Waals surface area contributed by atoms with Crippen molar-refractivity contribution >= 4 is 58.1 Å². The minimum atomic E-state index is -1.09. The summed E-state index contributed by atoms with van der Waals surface area (Å²) in [6.07, 6.45) is 8.94. The fraction of sp³-hybridized carbons (Fsp3) is 0.512. The number of fused-ring (bicyclic) bond motifs is 1. The fourth-order valence-electron chi connectivity index (χ4n) is 10.3. The minimum absolute atomic E-state index is 0.0262. The molecule has 14 nitrogen and oxygen atoms in total. The van der Waals surface area contributed by atoms with Gasteiger partial charge in [-0.3, -0.25) is 44.2 Å². The Labute approximate surface area is 348 Å². The Morgan fingerprint density at radius 3 is 2.29 bits per heavy atom. The molecule has 5 fully saturated rings. The van der Waals surface area contributed by atoms with Crippen molar-refractivity contribution in [1.82, 2.24) is 30.0 Å². The number of imide groups is 2. The summed E-state index contributed by atoms with van der Waals surface area (Å²) in [5, 5.41) is 2.70. The molecular formula is C43H48ClFN10O4. The zero-order valence-electron chi connectivity index (χ0n) is 33.2. The molecule has 1 aromatic heterocycles. The standard InChI is InChI=1S/C43H48ClFN10O4/c1-27-22-43(26-54(27)30-3-4-35(46-2)33(44)19-30)9-13-53(14-10-43)38-24-47-28(23-48-38)25-50-15-17-51(18-16-50)29-7-11-52(12-8-29)37-21-32-31(20-34(37)45)41(58)55(42(32)59)36-5-6-39(56)49-40(36)57/h3-4,19-21,23-24,27,29,36H,5-18,22,25-26H2,1H3,(H,49,56,57)/t27-,36?/m0/s1. The molecule has 5 saturated heterocycles. The Hall–Kier alpha value is -5.17. The number of hydrogen-bond acceptors (Lipinski definition) is 11. The predicted octanol–water partition coefficient (Wildman–Crippen LogP) is 4.89. The van der Waals surface area contributed by atoms with Crippen LogP contribution in [0.1, 0.15) is 78.3 Å². The Morgan fingerprint density at radius 1 is 0.898 bits per heavy atom. The second kappa shape index (κ2) is 15.8. The molecule has 0 bridgehead atoms. The van der Waals surface area contributed by atoms with Gasteiger partial charge in [0.2, 0.25) is 17.5 Å². The lowest BCUT2D eigenvalue weighted by molar-refractivity contribution is -0.136. The molecule has 3 aromatic rings. The van der Waals surface area contributed by atoms with Gasteiger partial charge in [-0.25, -0.2) is 14.2 Å². The second-order valence-electron chi connectivity index (χ2n) is 17.1. The van der Waals surface area contributed by atoms with Crippen molar-refractivity contribution in [2.75, 3.05) is 73.6 Å². The summed E-state index contributed by atoms with van der Waals surface area (Å²) in [4.78, 5) is 76.3. The number of piperidine rings is 3. The van der Waals surface area contributed by atoms with E-state index in [2.05, 4.69) is 36.7 Å². The van der Waals surface area contributed by atoms with Gasteiger partial charge in [-0.1, -0.05) is 17.7 Å². The summed E-state index contributed by atoms with van der Waals surface area (Å²) in [6, 6.07) is 8.04. The molecular weight excluding hydrogens is 775 g/mol. The van der Waals surface area contributed by atoms with Crippen molar-refractivity contribution in [3.05, 3.63) is 81.8 Å². The van der Waals surface area contributed by atoms with Crippen molar-refractivity contribution in [3.8, 4) is 0 Å². The molecule has 0 saturated carbocycles. The van der Waals surface area contributed by atoms with Crippen LogP contribution in [0.25, 0.3) is 4.85 Å². The number of halogens is 2. The number of carbonyl (C=O) groups is 4. The number of nitrogens with zero attached hydrogens (tertiary/aromatic N) is 9. The third-order valence-electron chi connectivity index (χ3n) is 13.6. The lowest BCUT2D eigenvalue weighted by Gasteiger charge is -2.43. The molecule has 4 amide bonds. The van der Waals surface area contributed by atoms with Crippen LogP contribution in [0.5, 0.6) is 0 Å². The van der Waals surface area contributed by atoms with Gasteiger partial charge in [0.25, 0.3) is 11.8 Å². The average Bonchev–Trinajstić information content (AvgIpc) is 3.68. The number of aromatic nitrogens is 2. The molecule has 6 aliphatic rings. The lowest BCUT2D eigenvalue weighted by atomic mass is 9.77. The smallest absolute Gasteiger partial charge is 0.262 e. The summed E-state index contributed by atoms with van der Waals surface area (Å²) in [5.41, 5.74) is 3.13. The highest BCUT2D eigenvalue weighted by molar-refractivity contribution is 6.33. The summed E-state index contributed by atoms with van der Waals surface area (Å²) < 4.78 is 15.5. The number of amides is 4. The summed E-state index contributed by atoms with van der Waals surface area (Å²) >= 11 is 6.38. The van der Waals surface area contributed by atoms with Crippen LogP contribution in [0, 0.1) is 17.8 Å². The van der Waals surface area contributed by atoms with Crippen molar-refractivity contribution in [3.63, 3.8) is 0 Å². The van der Waals surface area contributed by atoms with Gasteiger partial charge in [0.1, 0.15) is 17.7 Å².